The number of nitrogens with one attached hydrogen (secondary N) is 1. The summed E-state index contributed by atoms with van der Waals surface area (Å²) in [7, 11) is -2.90. The second kappa shape index (κ2) is 8.05. The molecule has 1 amide bonds. The van der Waals surface area contributed by atoms with Crippen molar-refractivity contribution in [3.8, 4) is 0 Å². The van der Waals surface area contributed by atoms with Gasteiger partial charge in [0.2, 0.25) is 6.29 Å². The Labute approximate surface area is 177 Å². The topological polar surface area (TPSA) is 110 Å². The SMILES string of the molecule is CCOC1ON=C(C(C)(Br)N(C)S(=O)(=O)NC(=O)c2coc3ccccc23)C1C. The van der Waals surface area contributed by atoms with Crippen molar-refractivity contribution in [3.05, 3.63) is 36.1 Å². The molecule has 0 spiro atoms. The number of halogens is 1. The highest BCUT2D eigenvalue weighted by Crippen LogP contribution is 2.34. The third-order valence-electron chi connectivity index (χ3n) is 4.79. The highest BCUT2D eigenvalue weighted by Gasteiger charge is 2.47. The predicted octanol–water partition coefficient (Wildman–Crippen LogP) is 2.84. The molecule has 1 aromatic heterocycles. The number of benzene rings is 1. The molecule has 1 aliphatic rings. The molecule has 3 rings (SSSR count). The van der Waals surface area contributed by atoms with E-state index in [1.165, 1.54) is 13.3 Å². The van der Waals surface area contributed by atoms with E-state index in [9.17, 15) is 13.2 Å². The van der Waals surface area contributed by atoms with Gasteiger partial charge in [-0.15, -0.1) is 0 Å². The molecular weight excluding hydrogens is 466 g/mol. The Balaban J connectivity index is 1.80. The van der Waals surface area contributed by atoms with Gasteiger partial charge in [-0.25, -0.2) is 4.72 Å². The minimum atomic E-state index is -4.23. The Bertz CT molecular complexity index is 1050. The van der Waals surface area contributed by atoms with Crippen LogP contribution in [0.3, 0.4) is 0 Å². The van der Waals surface area contributed by atoms with Gasteiger partial charge in [0.1, 0.15) is 16.3 Å². The van der Waals surface area contributed by atoms with Crippen LogP contribution in [-0.4, -0.2) is 48.7 Å². The molecule has 0 saturated heterocycles. The number of carbonyl (C=O) groups is 1. The quantitative estimate of drug-likeness (QED) is 0.474. The number of nitrogens with zero attached hydrogens (tertiary/aromatic N) is 2. The van der Waals surface area contributed by atoms with Gasteiger partial charge in [-0.3, -0.25) is 4.79 Å². The lowest BCUT2D eigenvalue weighted by Gasteiger charge is -2.33. The molecule has 1 N–H and O–H groups in total. The zero-order chi connectivity index (χ0) is 21.4. The summed E-state index contributed by atoms with van der Waals surface area (Å²) in [6.45, 7) is 5.69. The van der Waals surface area contributed by atoms with Gasteiger partial charge in [-0.05, 0) is 19.9 Å². The molecule has 1 aromatic carbocycles. The average molecular weight is 488 g/mol. The van der Waals surface area contributed by atoms with E-state index in [0.717, 1.165) is 4.31 Å². The van der Waals surface area contributed by atoms with Gasteiger partial charge in [-0.2, -0.15) is 12.7 Å². The second-order valence-electron chi connectivity index (χ2n) is 6.70. The van der Waals surface area contributed by atoms with Gasteiger partial charge >= 0.3 is 10.2 Å². The van der Waals surface area contributed by atoms with Crippen LogP contribution in [-0.2, 0) is 19.8 Å². The van der Waals surface area contributed by atoms with Crippen LogP contribution < -0.4 is 4.72 Å². The van der Waals surface area contributed by atoms with E-state index in [2.05, 4.69) is 25.8 Å². The minimum Gasteiger partial charge on any atom is -0.463 e. The van der Waals surface area contributed by atoms with Crippen molar-refractivity contribution >= 4 is 48.7 Å². The normalized spacial score (nSPS) is 21.7. The van der Waals surface area contributed by atoms with Gasteiger partial charge < -0.3 is 14.0 Å². The maximum Gasteiger partial charge on any atom is 0.305 e. The van der Waals surface area contributed by atoms with Crippen LogP contribution >= 0.6 is 15.9 Å². The molecular formula is C18H22BrN3O6S. The number of furan rings is 1. The van der Waals surface area contributed by atoms with Crippen LogP contribution in [0.2, 0.25) is 0 Å². The average Bonchev–Trinajstić information content (AvgIpc) is 3.25. The third-order valence-corrected chi connectivity index (χ3v) is 7.49. The summed E-state index contributed by atoms with van der Waals surface area (Å²) in [5.41, 5.74) is 1.03. The first-order valence-corrected chi connectivity index (χ1v) is 11.1. The molecule has 2 aromatic rings. The Morgan fingerprint density at radius 2 is 2.10 bits per heavy atom. The van der Waals surface area contributed by atoms with Crippen molar-refractivity contribution in [1.82, 2.24) is 9.03 Å². The van der Waals surface area contributed by atoms with E-state index in [1.54, 1.807) is 31.2 Å². The fraction of sp³-hybridized carbons (Fsp3) is 0.444. The summed E-state index contributed by atoms with van der Waals surface area (Å²) in [6, 6.07) is 6.87. The molecule has 3 unspecified atom stereocenters. The monoisotopic (exact) mass is 487 g/mol. The molecule has 158 valence electrons. The number of carbonyl (C=O) groups excluding carboxylic acids is 1. The molecule has 0 saturated carbocycles. The molecule has 3 atom stereocenters. The Morgan fingerprint density at radius 1 is 1.41 bits per heavy atom. The van der Waals surface area contributed by atoms with Crippen LogP contribution in [0.5, 0.6) is 0 Å². The standard InChI is InChI=1S/C18H22BrN3O6S/c1-5-26-17-11(2)15(20-28-17)18(3,19)22(4)29(24,25)21-16(23)13-10-27-14-9-7-6-8-12(13)14/h6-11,17H,5H2,1-4H3,(H,21,23). The number of rotatable bonds is 7. The summed E-state index contributed by atoms with van der Waals surface area (Å²) in [5.74, 6) is -1.10. The van der Waals surface area contributed by atoms with E-state index in [4.69, 9.17) is 14.0 Å². The van der Waals surface area contributed by atoms with Crippen LogP contribution in [0.15, 0.2) is 40.1 Å². The van der Waals surface area contributed by atoms with E-state index in [1.807, 2.05) is 13.8 Å². The number of oxime groups is 1. The molecule has 1 aliphatic heterocycles. The number of amides is 1. The van der Waals surface area contributed by atoms with Gasteiger partial charge in [-0.1, -0.05) is 46.2 Å². The van der Waals surface area contributed by atoms with Crippen molar-refractivity contribution in [3.63, 3.8) is 0 Å². The van der Waals surface area contributed by atoms with E-state index in [0.29, 0.717) is 23.3 Å². The molecule has 11 heteroatoms. The highest BCUT2D eigenvalue weighted by molar-refractivity contribution is 9.10. The van der Waals surface area contributed by atoms with Gasteiger partial charge in [0.05, 0.1) is 17.2 Å². The molecule has 9 nitrogen and oxygen atoms in total. The Morgan fingerprint density at radius 3 is 2.79 bits per heavy atom. The van der Waals surface area contributed by atoms with Crippen molar-refractivity contribution < 1.29 is 27.2 Å². The van der Waals surface area contributed by atoms with Gasteiger partial charge in [0.15, 0.2) is 0 Å². The number of ether oxygens (including phenoxy) is 1. The van der Waals surface area contributed by atoms with Crippen LogP contribution in [0, 0.1) is 5.92 Å². The number of alkyl halides is 1. The summed E-state index contributed by atoms with van der Waals surface area (Å²) in [5, 5.41) is 4.52. The smallest absolute Gasteiger partial charge is 0.305 e. The van der Waals surface area contributed by atoms with Gasteiger partial charge in [0.25, 0.3) is 5.91 Å². The lowest BCUT2D eigenvalue weighted by Crippen LogP contribution is -2.54. The zero-order valence-corrected chi connectivity index (χ0v) is 18.8. The fourth-order valence-corrected chi connectivity index (χ4v) is 5.06. The van der Waals surface area contributed by atoms with Crippen molar-refractivity contribution in [2.45, 2.75) is 31.5 Å². The molecule has 29 heavy (non-hydrogen) atoms. The van der Waals surface area contributed by atoms with Crippen molar-refractivity contribution in [2.24, 2.45) is 11.1 Å². The maximum atomic E-state index is 12.9. The number of fused-ring (bicyclic) bond motifs is 1. The Kier molecular flexibility index (Phi) is 6.04. The van der Waals surface area contributed by atoms with Crippen molar-refractivity contribution in [2.75, 3.05) is 13.7 Å². The molecule has 0 fully saturated rings. The van der Waals surface area contributed by atoms with E-state index < -0.39 is 26.9 Å². The van der Waals surface area contributed by atoms with E-state index in [-0.39, 0.29) is 11.5 Å². The first-order chi connectivity index (χ1) is 13.6. The van der Waals surface area contributed by atoms with Crippen LogP contribution in [0.4, 0.5) is 0 Å². The molecule has 0 radical (unpaired) electrons. The van der Waals surface area contributed by atoms with Crippen molar-refractivity contribution in [1.29, 1.82) is 0 Å². The molecule has 2 heterocycles. The number of hydrogen-bond acceptors (Lipinski definition) is 7. The summed E-state index contributed by atoms with van der Waals surface area (Å²) in [6.07, 6.45) is 0.627. The first kappa shape index (κ1) is 21.8. The minimum absolute atomic E-state index is 0.125. The second-order valence-corrected chi connectivity index (χ2v) is 9.94. The van der Waals surface area contributed by atoms with Gasteiger partial charge in [0, 0.05) is 19.0 Å². The maximum absolute atomic E-state index is 12.9. The summed E-state index contributed by atoms with van der Waals surface area (Å²) < 4.78 is 38.4. The fourth-order valence-electron chi connectivity index (χ4n) is 3.03. The van der Waals surface area contributed by atoms with Crippen LogP contribution in [0.1, 0.15) is 31.1 Å². The highest BCUT2D eigenvalue weighted by atomic mass is 79.9. The largest absolute Gasteiger partial charge is 0.463 e. The number of hydrogen-bond donors (Lipinski definition) is 1. The third kappa shape index (κ3) is 4.04. The lowest BCUT2D eigenvalue weighted by molar-refractivity contribution is -0.138. The van der Waals surface area contributed by atoms with Crippen LogP contribution in [0.25, 0.3) is 11.0 Å². The first-order valence-electron chi connectivity index (χ1n) is 8.91. The van der Waals surface area contributed by atoms with E-state index >= 15 is 0 Å². The molecule has 0 bridgehead atoms. The number of para-hydroxylation sites is 1. The Hall–Kier alpha value is -1.95. The molecule has 0 aliphatic carbocycles. The predicted molar refractivity (Wildman–Crippen MR) is 111 cm³/mol. The zero-order valence-electron chi connectivity index (χ0n) is 16.4. The summed E-state index contributed by atoms with van der Waals surface area (Å²) in [4.78, 5) is 17.9. The summed E-state index contributed by atoms with van der Waals surface area (Å²) >= 11 is 3.42. The lowest BCUT2D eigenvalue weighted by atomic mass is 10.00.